The van der Waals surface area contributed by atoms with Crippen LogP contribution in [-0.4, -0.2) is 11.9 Å². The summed E-state index contributed by atoms with van der Waals surface area (Å²) in [5.74, 6) is 0.695. The third kappa shape index (κ3) is 8.29. The Bertz CT molecular complexity index is 885. The molecule has 2 aromatic rings. The summed E-state index contributed by atoms with van der Waals surface area (Å²) in [5, 5.41) is 1.61. The Balaban J connectivity index is 2.10. The van der Waals surface area contributed by atoms with Crippen LogP contribution in [0.1, 0.15) is 102 Å². The molecule has 0 aliphatic heterocycles. The molecular weight excluding hydrogens is 400 g/mol. The fraction of sp³-hybridized carbons (Fsp3) is 0.571. The van der Waals surface area contributed by atoms with Crippen molar-refractivity contribution in [1.29, 1.82) is 0 Å². The van der Waals surface area contributed by atoms with Crippen LogP contribution in [0.5, 0.6) is 11.5 Å². The maximum atomic E-state index is 12.5. The molecule has 4 heteroatoms. The number of aryl methyl sites for hydroxylation is 2. The summed E-state index contributed by atoms with van der Waals surface area (Å²) in [6.45, 7) is 8.25. The molecule has 0 saturated heterocycles. The van der Waals surface area contributed by atoms with Gasteiger partial charge in [-0.25, -0.2) is 0 Å². The second kappa shape index (κ2) is 13.9. The summed E-state index contributed by atoms with van der Waals surface area (Å²) in [7, 11) is 0. The predicted octanol–water partition coefficient (Wildman–Crippen LogP) is 7.99. The third-order valence-electron chi connectivity index (χ3n) is 5.80. The van der Waals surface area contributed by atoms with Crippen molar-refractivity contribution in [1.82, 2.24) is 0 Å². The summed E-state index contributed by atoms with van der Waals surface area (Å²) < 4.78 is 11.5. The molecule has 0 saturated carbocycles. The zero-order chi connectivity index (χ0) is 23.3. The summed E-state index contributed by atoms with van der Waals surface area (Å²) in [4.78, 5) is 24.9. The number of hydrogen-bond donors (Lipinski definition) is 0. The molecule has 0 aliphatic carbocycles. The van der Waals surface area contributed by atoms with Crippen LogP contribution in [0.15, 0.2) is 24.3 Å². The minimum absolute atomic E-state index is 0.205. The predicted molar refractivity (Wildman–Crippen MR) is 131 cm³/mol. The average Bonchev–Trinajstić information content (AvgIpc) is 2.76. The quantitative estimate of drug-likeness (QED) is 0.170. The molecule has 0 N–H and O–H groups in total. The molecule has 32 heavy (non-hydrogen) atoms. The minimum atomic E-state index is -0.208. The van der Waals surface area contributed by atoms with Gasteiger partial charge in [-0.05, 0) is 44.4 Å². The first kappa shape index (κ1) is 25.9. The van der Waals surface area contributed by atoms with E-state index < -0.39 is 0 Å². The Labute approximate surface area is 193 Å². The minimum Gasteiger partial charge on any atom is -0.426 e. The molecule has 0 spiro atoms. The average molecular weight is 441 g/mol. The fourth-order valence-electron chi connectivity index (χ4n) is 3.92. The van der Waals surface area contributed by atoms with Crippen molar-refractivity contribution < 1.29 is 19.1 Å². The Kier molecular flexibility index (Phi) is 11.3. The fourth-order valence-corrected chi connectivity index (χ4v) is 3.92. The van der Waals surface area contributed by atoms with Gasteiger partial charge in [0.05, 0.1) is 0 Å². The lowest BCUT2D eigenvalue weighted by atomic mass is 10.0. The third-order valence-corrected chi connectivity index (χ3v) is 5.80. The Morgan fingerprint density at radius 3 is 1.84 bits per heavy atom. The normalized spacial score (nSPS) is 11.0. The maximum Gasteiger partial charge on any atom is 0.311 e. The van der Waals surface area contributed by atoms with Gasteiger partial charge in [-0.15, -0.1) is 0 Å². The van der Waals surface area contributed by atoms with Crippen molar-refractivity contribution in [2.75, 3.05) is 0 Å². The molecule has 0 radical (unpaired) electrons. The van der Waals surface area contributed by atoms with Crippen molar-refractivity contribution in [2.24, 2.45) is 0 Å². The van der Waals surface area contributed by atoms with E-state index in [2.05, 4.69) is 13.8 Å². The van der Waals surface area contributed by atoms with E-state index in [1.165, 1.54) is 25.7 Å². The summed E-state index contributed by atoms with van der Waals surface area (Å²) in [6.07, 6.45) is 11.7. The van der Waals surface area contributed by atoms with E-state index in [1.807, 2.05) is 38.1 Å². The van der Waals surface area contributed by atoms with E-state index in [-0.39, 0.29) is 11.9 Å². The number of rotatable bonds is 14. The Morgan fingerprint density at radius 2 is 1.25 bits per heavy atom. The highest BCUT2D eigenvalue weighted by Gasteiger charge is 2.17. The first-order valence-corrected chi connectivity index (χ1v) is 12.4. The van der Waals surface area contributed by atoms with Gasteiger partial charge in [0, 0.05) is 23.6 Å². The first-order chi connectivity index (χ1) is 15.5. The van der Waals surface area contributed by atoms with E-state index in [1.54, 1.807) is 0 Å². The van der Waals surface area contributed by atoms with Crippen molar-refractivity contribution in [3.05, 3.63) is 35.4 Å². The second-order valence-electron chi connectivity index (χ2n) is 8.85. The molecule has 0 heterocycles. The number of fused-ring (bicyclic) bond motifs is 1. The molecule has 0 atom stereocenters. The molecule has 0 aromatic heterocycles. The van der Waals surface area contributed by atoms with Gasteiger partial charge in [0.1, 0.15) is 11.5 Å². The SMILES string of the molecule is CCCCCCCC(=O)Oc1cc(C)c(OC(=O)CCCCCCC)c2ccc(C)cc12. The van der Waals surface area contributed by atoms with Gasteiger partial charge in [-0.1, -0.05) is 82.9 Å². The summed E-state index contributed by atoms with van der Waals surface area (Å²) in [5.41, 5.74) is 1.86. The lowest BCUT2D eigenvalue weighted by Gasteiger charge is -2.15. The number of carbonyl (C=O) groups excluding carboxylic acids is 2. The Morgan fingerprint density at radius 1 is 0.688 bits per heavy atom. The number of ether oxygens (including phenoxy) is 2. The van der Waals surface area contributed by atoms with Crippen LogP contribution in [0, 0.1) is 13.8 Å². The highest BCUT2D eigenvalue weighted by atomic mass is 16.5. The van der Waals surface area contributed by atoms with Gasteiger partial charge >= 0.3 is 11.9 Å². The monoisotopic (exact) mass is 440 g/mol. The topological polar surface area (TPSA) is 52.6 Å². The van der Waals surface area contributed by atoms with Crippen LogP contribution in [0.2, 0.25) is 0 Å². The van der Waals surface area contributed by atoms with Gasteiger partial charge in [0.15, 0.2) is 0 Å². The largest absolute Gasteiger partial charge is 0.426 e. The van der Waals surface area contributed by atoms with Crippen molar-refractivity contribution >= 4 is 22.7 Å². The highest BCUT2D eigenvalue weighted by molar-refractivity contribution is 5.97. The van der Waals surface area contributed by atoms with Gasteiger partial charge < -0.3 is 9.47 Å². The number of esters is 2. The highest BCUT2D eigenvalue weighted by Crippen LogP contribution is 2.37. The van der Waals surface area contributed by atoms with Crippen LogP contribution in [-0.2, 0) is 9.59 Å². The lowest BCUT2D eigenvalue weighted by Crippen LogP contribution is -2.11. The molecule has 4 nitrogen and oxygen atoms in total. The van der Waals surface area contributed by atoms with Crippen molar-refractivity contribution in [3.8, 4) is 11.5 Å². The second-order valence-corrected chi connectivity index (χ2v) is 8.85. The zero-order valence-electron chi connectivity index (χ0n) is 20.4. The van der Waals surface area contributed by atoms with E-state index in [0.29, 0.717) is 24.3 Å². The van der Waals surface area contributed by atoms with Crippen LogP contribution in [0.25, 0.3) is 10.8 Å². The molecule has 2 aromatic carbocycles. The first-order valence-electron chi connectivity index (χ1n) is 12.4. The van der Waals surface area contributed by atoms with E-state index in [4.69, 9.17) is 9.47 Å². The van der Waals surface area contributed by atoms with Crippen LogP contribution in [0.4, 0.5) is 0 Å². The molecule has 2 rings (SSSR count). The molecule has 0 fully saturated rings. The van der Waals surface area contributed by atoms with Gasteiger partial charge in [-0.3, -0.25) is 9.59 Å². The lowest BCUT2D eigenvalue weighted by molar-refractivity contribution is -0.135. The van der Waals surface area contributed by atoms with Gasteiger partial charge in [-0.2, -0.15) is 0 Å². The van der Waals surface area contributed by atoms with Crippen LogP contribution < -0.4 is 9.47 Å². The van der Waals surface area contributed by atoms with Gasteiger partial charge in [0.25, 0.3) is 0 Å². The van der Waals surface area contributed by atoms with Crippen LogP contribution >= 0.6 is 0 Å². The van der Waals surface area contributed by atoms with Gasteiger partial charge in [0.2, 0.25) is 0 Å². The zero-order valence-corrected chi connectivity index (χ0v) is 20.4. The Hall–Kier alpha value is -2.36. The smallest absolute Gasteiger partial charge is 0.311 e. The molecule has 0 bridgehead atoms. The molecule has 0 amide bonds. The molecule has 176 valence electrons. The standard InChI is InChI=1S/C28H40O4/c1-5-7-9-11-13-15-26(29)31-25-20-22(4)28(23-18-17-21(3)19-24(23)25)32-27(30)16-14-12-10-8-6-2/h17-20H,5-16H2,1-4H3. The van der Waals surface area contributed by atoms with Crippen molar-refractivity contribution in [3.63, 3.8) is 0 Å². The number of hydrogen-bond acceptors (Lipinski definition) is 4. The summed E-state index contributed by atoms with van der Waals surface area (Å²) >= 11 is 0. The van der Waals surface area contributed by atoms with Crippen LogP contribution in [0.3, 0.4) is 0 Å². The van der Waals surface area contributed by atoms with E-state index in [9.17, 15) is 9.59 Å². The molecule has 0 aliphatic rings. The summed E-state index contributed by atoms with van der Waals surface area (Å²) in [6, 6.07) is 7.74. The van der Waals surface area contributed by atoms with E-state index >= 15 is 0 Å². The van der Waals surface area contributed by atoms with Crippen molar-refractivity contribution in [2.45, 2.75) is 105 Å². The molecule has 0 unspecified atom stereocenters. The van der Waals surface area contributed by atoms with E-state index in [0.717, 1.165) is 60.4 Å². The number of benzene rings is 2. The maximum absolute atomic E-state index is 12.5. The number of carbonyl (C=O) groups is 2. The number of unbranched alkanes of at least 4 members (excludes halogenated alkanes) is 8. The molecular formula is C28H40O4.